The summed E-state index contributed by atoms with van der Waals surface area (Å²) in [6, 6.07) is 6.69. The van der Waals surface area contributed by atoms with Gasteiger partial charge >= 0.3 is 6.09 Å². The van der Waals surface area contributed by atoms with Gasteiger partial charge in [0.25, 0.3) is 0 Å². The number of hydrogen-bond acceptors (Lipinski definition) is 3. The van der Waals surface area contributed by atoms with E-state index < -0.39 is 23.2 Å². The van der Waals surface area contributed by atoms with Crippen LogP contribution in [0.3, 0.4) is 0 Å². The molecule has 0 unspecified atom stereocenters. The molecule has 0 aromatic heterocycles. The summed E-state index contributed by atoms with van der Waals surface area (Å²) in [5.74, 6) is -0.118. The standard InChI is InChI=1S/C18H25ClN2O4/c1-12(20-16(23)24)10-15(22)21-9-8-18(25,17(2,3)11-21)13-4-6-14(19)7-5-13/h4-7,12,20,25H,8-11H2,1-3H3,(H,23,24)/t12-,18+/m1/s1. The first-order valence-electron chi connectivity index (χ1n) is 8.31. The molecule has 2 atom stereocenters. The molecule has 3 N–H and O–H groups in total. The molecule has 1 aliphatic heterocycles. The van der Waals surface area contributed by atoms with Gasteiger partial charge in [0, 0.05) is 36.0 Å². The molecule has 0 aliphatic carbocycles. The number of rotatable bonds is 4. The normalized spacial score (nSPS) is 23.8. The largest absolute Gasteiger partial charge is 0.465 e. The minimum atomic E-state index is -1.14. The van der Waals surface area contributed by atoms with E-state index in [1.807, 2.05) is 26.0 Å². The van der Waals surface area contributed by atoms with Gasteiger partial charge in [-0.3, -0.25) is 4.79 Å². The zero-order chi connectivity index (χ0) is 18.8. The van der Waals surface area contributed by atoms with Gasteiger partial charge in [0.15, 0.2) is 0 Å². The van der Waals surface area contributed by atoms with E-state index in [0.29, 0.717) is 24.5 Å². The van der Waals surface area contributed by atoms with Crippen LogP contribution in [0.4, 0.5) is 4.79 Å². The Hall–Kier alpha value is -1.79. The number of aliphatic hydroxyl groups is 1. The molecule has 25 heavy (non-hydrogen) atoms. The highest BCUT2D eigenvalue weighted by Gasteiger charge is 2.49. The van der Waals surface area contributed by atoms with Crippen molar-refractivity contribution in [1.29, 1.82) is 0 Å². The number of carbonyl (C=O) groups excluding carboxylic acids is 1. The molecule has 1 aromatic rings. The summed E-state index contributed by atoms with van der Waals surface area (Å²) in [6.07, 6.45) is -0.632. The van der Waals surface area contributed by atoms with Crippen LogP contribution in [0.5, 0.6) is 0 Å². The van der Waals surface area contributed by atoms with Crippen LogP contribution in [-0.2, 0) is 10.4 Å². The van der Waals surface area contributed by atoms with E-state index in [0.717, 1.165) is 5.56 Å². The summed E-state index contributed by atoms with van der Waals surface area (Å²) >= 11 is 5.93. The van der Waals surface area contributed by atoms with E-state index in [1.54, 1.807) is 24.0 Å². The number of carboxylic acid groups (broad SMARTS) is 1. The maximum atomic E-state index is 12.5. The Morgan fingerprint density at radius 2 is 1.92 bits per heavy atom. The van der Waals surface area contributed by atoms with Crippen molar-refractivity contribution >= 4 is 23.6 Å². The molecule has 2 amide bonds. The van der Waals surface area contributed by atoms with Gasteiger partial charge in [-0.1, -0.05) is 37.6 Å². The number of benzene rings is 1. The fourth-order valence-corrected chi connectivity index (χ4v) is 3.57. The number of nitrogens with zero attached hydrogens (tertiary/aromatic N) is 1. The van der Waals surface area contributed by atoms with Crippen molar-refractivity contribution in [3.8, 4) is 0 Å². The summed E-state index contributed by atoms with van der Waals surface area (Å²) in [4.78, 5) is 24.8. The molecule has 1 saturated heterocycles. The fraction of sp³-hybridized carbons (Fsp3) is 0.556. The third-order valence-electron chi connectivity index (χ3n) is 4.97. The van der Waals surface area contributed by atoms with E-state index >= 15 is 0 Å². The average Bonchev–Trinajstić information content (AvgIpc) is 2.49. The van der Waals surface area contributed by atoms with Crippen molar-refractivity contribution in [3.63, 3.8) is 0 Å². The molecule has 0 bridgehead atoms. The molecule has 1 fully saturated rings. The highest BCUT2D eigenvalue weighted by atomic mass is 35.5. The van der Waals surface area contributed by atoms with Crippen LogP contribution in [0, 0.1) is 5.41 Å². The van der Waals surface area contributed by atoms with Gasteiger partial charge in [0.2, 0.25) is 5.91 Å². The molecule has 2 rings (SSSR count). The number of piperidine rings is 1. The van der Waals surface area contributed by atoms with Crippen molar-refractivity contribution in [2.45, 2.75) is 45.3 Å². The highest BCUT2D eigenvalue weighted by molar-refractivity contribution is 6.30. The molecule has 138 valence electrons. The summed E-state index contributed by atoms with van der Waals surface area (Å²) in [7, 11) is 0. The van der Waals surface area contributed by atoms with Crippen molar-refractivity contribution in [3.05, 3.63) is 34.9 Å². The lowest BCUT2D eigenvalue weighted by Crippen LogP contribution is -2.57. The predicted octanol–water partition coefficient (Wildman–Crippen LogP) is 2.83. The molecule has 1 heterocycles. The summed E-state index contributed by atoms with van der Waals surface area (Å²) in [5.41, 5.74) is -0.827. The summed E-state index contributed by atoms with van der Waals surface area (Å²) in [5, 5.41) is 22.9. The van der Waals surface area contributed by atoms with E-state index in [1.165, 1.54) is 0 Å². The van der Waals surface area contributed by atoms with E-state index in [9.17, 15) is 14.7 Å². The third kappa shape index (κ3) is 4.25. The molecule has 0 spiro atoms. The summed E-state index contributed by atoms with van der Waals surface area (Å²) in [6.45, 7) is 6.33. The van der Waals surface area contributed by atoms with Crippen LogP contribution in [0.2, 0.25) is 5.02 Å². The predicted molar refractivity (Wildman–Crippen MR) is 95.6 cm³/mol. The maximum Gasteiger partial charge on any atom is 0.404 e. The zero-order valence-corrected chi connectivity index (χ0v) is 15.5. The van der Waals surface area contributed by atoms with Crippen LogP contribution in [-0.4, -0.2) is 46.2 Å². The quantitative estimate of drug-likeness (QED) is 0.762. The van der Waals surface area contributed by atoms with Crippen LogP contribution in [0.25, 0.3) is 0 Å². The lowest BCUT2D eigenvalue weighted by Gasteiger charge is -2.50. The molecule has 0 saturated carbocycles. The molecular formula is C18H25ClN2O4. The van der Waals surface area contributed by atoms with Crippen LogP contribution >= 0.6 is 11.6 Å². The topological polar surface area (TPSA) is 89.9 Å². The van der Waals surface area contributed by atoms with Crippen molar-refractivity contribution in [2.24, 2.45) is 5.41 Å². The SMILES string of the molecule is C[C@H](CC(=O)N1CC[C@](O)(c2ccc(Cl)cc2)C(C)(C)C1)NC(=O)O. The lowest BCUT2D eigenvalue weighted by molar-refractivity contribution is -0.153. The Labute approximate surface area is 152 Å². The van der Waals surface area contributed by atoms with E-state index in [2.05, 4.69) is 5.32 Å². The first kappa shape index (κ1) is 19.5. The van der Waals surface area contributed by atoms with Crippen LogP contribution in [0.15, 0.2) is 24.3 Å². The molecule has 1 aliphatic rings. The van der Waals surface area contributed by atoms with Gasteiger partial charge in [-0.2, -0.15) is 0 Å². The van der Waals surface area contributed by atoms with Gasteiger partial charge in [-0.05, 0) is 31.0 Å². The lowest BCUT2D eigenvalue weighted by atomic mass is 9.66. The number of nitrogens with one attached hydrogen (secondary N) is 1. The monoisotopic (exact) mass is 368 g/mol. The Bertz CT molecular complexity index is 647. The van der Waals surface area contributed by atoms with Crippen molar-refractivity contribution < 1.29 is 19.8 Å². The first-order chi connectivity index (χ1) is 11.5. The third-order valence-corrected chi connectivity index (χ3v) is 5.23. The number of hydrogen-bond donors (Lipinski definition) is 3. The van der Waals surface area contributed by atoms with E-state index in [4.69, 9.17) is 16.7 Å². The molecule has 0 radical (unpaired) electrons. The maximum absolute atomic E-state index is 12.5. The smallest absolute Gasteiger partial charge is 0.404 e. The summed E-state index contributed by atoms with van der Waals surface area (Å²) < 4.78 is 0. The van der Waals surface area contributed by atoms with Gasteiger partial charge in [-0.25, -0.2) is 4.79 Å². The Morgan fingerprint density at radius 1 is 1.32 bits per heavy atom. The van der Waals surface area contributed by atoms with Gasteiger partial charge in [0.1, 0.15) is 0 Å². The van der Waals surface area contributed by atoms with Crippen LogP contribution < -0.4 is 5.32 Å². The zero-order valence-electron chi connectivity index (χ0n) is 14.8. The fourth-order valence-electron chi connectivity index (χ4n) is 3.45. The Morgan fingerprint density at radius 3 is 2.44 bits per heavy atom. The Balaban J connectivity index is 2.10. The molecular weight excluding hydrogens is 344 g/mol. The molecule has 7 heteroatoms. The average molecular weight is 369 g/mol. The number of carbonyl (C=O) groups is 2. The number of halogens is 1. The van der Waals surface area contributed by atoms with Crippen LogP contribution in [0.1, 0.15) is 39.2 Å². The van der Waals surface area contributed by atoms with Gasteiger partial charge in [-0.15, -0.1) is 0 Å². The number of amides is 2. The van der Waals surface area contributed by atoms with Gasteiger partial charge in [0.05, 0.1) is 5.60 Å². The second kappa shape index (κ2) is 7.22. The first-order valence-corrected chi connectivity index (χ1v) is 8.68. The minimum Gasteiger partial charge on any atom is -0.465 e. The van der Waals surface area contributed by atoms with Crippen molar-refractivity contribution in [2.75, 3.05) is 13.1 Å². The molecule has 6 nitrogen and oxygen atoms in total. The van der Waals surface area contributed by atoms with Gasteiger partial charge < -0.3 is 20.4 Å². The van der Waals surface area contributed by atoms with Crippen molar-refractivity contribution in [1.82, 2.24) is 10.2 Å². The second-order valence-electron chi connectivity index (χ2n) is 7.37. The Kier molecular flexibility index (Phi) is 5.64. The molecule has 1 aromatic carbocycles. The minimum absolute atomic E-state index is 0.0990. The highest BCUT2D eigenvalue weighted by Crippen LogP contribution is 2.46. The number of likely N-dealkylation sites (tertiary alicyclic amines) is 1. The van der Waals surface area contributed by atoms with E-state index in [-0.39, 0.29) is 12.3 Å². The second-order valence-corrected chi connectivity index (χ2v) is 7.81.